The second-order valence-electron chi connectivity index (χ2n) is 8.04. The van der Waals surface area contributed by atoms with Crippen LogP contribution in [0.4, 0.5) is 0 Å². The van der Waals surface area contributed by atoms with E-state index in [1.54, 1.807) is 42.5 Å². The number of carbonyl (C=O) groups excluding carboxylic acids is 1. The van der Waals surface area contributed by atoms with Crippen LogP contribution < -0.4 is 5.30 Å². The summed E-state index contributed by atoms with van der Waals surface area (Å²) in [7, 11) is -2.09. The molecule has 2 heterocycles. The number of aromatic amines is 1. The van der Waals surface area contributed by atoms with Crippen LogP contribution in [0.3, 0.4) is 0 Å². The van der Waals surface area contributed by atoms with Gasteiger partial charge in [-0.05, 0) is 49.0 Å². The SMILES string of the molecule is CCCCN1C=CC=CC1.COC(=O)c1ccc2nc(CCP(=O)(O)c3ccccc3)[nH]c2c1. The molecule has 0 spiro atoms. The van der Waals surface area contributed by atoms with Gasteiger partial charge in [-0.25, -0.2) is 9.78 Å². The van der Waals surface area contributed by atoms with Crippen LogP contribution >= 0.6 is 7.37 Å². The fourth-order valence-electron chi connectivity index (χ4n) is 3.51. The van der Waals surface area contributed by atoms with Gasteiger partial charge >= 0.3 is 5.97 Å². The summed E-state index contributed by atoms with van der Waals surface area (Å²) in [5.74, 6) is 0.189. The van der Waals surface area contributed by atoms with Gasteiger partial charge in [-0.15, -0.1) is 0 Å². The number of aromatic nitrogens is 2. The third-order valence-corrected chi connectivity index (χ3v) is 7.38. The Morgan fingerprint density at radius 1 is 1.21 bits per heavy atom. The molecular weight excluding hydrogens is 449 g/mol. The van der Waals surface area contributed by atoms with Crippen molar-refractivity contribution in [1.29, 1.82) is 0 Å². The molecule has 34 heavy (non-hydrogen) atoms. The Labute approximate surface area is 200 Å². The van der Waals surface area contributed by atoms with Crippen LogP contribution in [-0.4, -0.2) is 52.1 Å². The topological polar surface area (TPSA) is 95.5 Å². The lowest BCUT2D eigenvalue weighted by molar-refractivity contribution is 0.0601. The van der Waals surface area contributed by atoms with Crippen molar-refractivity contribution in [2.45, 2.75) is 26.2 Å². The van der Waals surface area contributed by atoms with Crippen molar-refractivity contribution in [2.24, 2.45) is 0 Å². The number of allylic oxidation sites excluding steroid dienone is 2. The van der Waals surface area contributed by atoms with Gasteiger partial charge in [0.2, 0.25) is 7.37 Å². The molecule has 3 aromatic rings. The van der Waals surface area contributed by atoms with E-state index < -0.39 is 13.3 Å². The number of esters is 1. The van der Waals surface area contributed by atoms with Gasteiger partial charge in [-0.2, -0.15) is 0 Å². The molecule has 2 aromatic carbocycles. The van der Waals surface area contributed by atoms with Crippen molar-refractivity contribution in [3.8, 4) is 0 Å². The maximum absolute atomic E-state index is 12.4. The van der Waals surface area contributed by atoms with E-state index in [4.69, 9.17) is 0 Å². The standard InChI is InChI=1S/C17H17N2O4P.C9H15N/c1-23-17(20)12-7-8-14-15(11-12)19-16(18-14)9-10-24(21,22)13-5-3-2-4-6-13;1-2-3-7-10-8-5-4-6-9-10/h2-8,11H,9-10H2,1H3,(H,18,19)(H,21,22);4-6,8H,2-3,7,9H2,1H3. The number of hydrogen-bond acceptors (Lipinski definition) is 5. The fraction of sp³-hybridized carbons (Fsp3) is 0.308. The molecule has 2 N–H and O–H groups in total. The lowest BCUT2D eigenvalue weighted by atomic mass is 10.2. The molecular formula is C26H32N3O4P. The number of H-pyrrole nitrogens is 1. The van der Waals surface area contributed by atoms with Crippen LogP contribution in [-0.2, 0) is 15.7 Å². The molecule has 8 heteroatoms. The summed E-state index contributed by atoms with van der Waals surface area (Å²) in [5, 5.41) is 0.439. The molecule has 7 nitrogen and oxygen atoms in total. The second kappa shape index (κ2) is 12.4. The molecule has 1 atom stereocenters. The number of ether oxygens (including phenoxy) is 1. The number of nitrogens with zero attached hydrogens (tertiary/aromatic N) is 2. The molecule has 1 aromatic heterocycles. The van der Waals surface area contributed by atoms with Crippen molar-refractivity contribution in [3.63, 3.8) is 0 Å². The van der Waals surface area contributed by atoms with Crippen LogP contribution in [0.15, 0.2) is 73.0 Å². The van der Waals surface area contributed by atoms with E-state index in [9.17, 15) is 14.3 Å². The molecule has 0 saturated heterocycles. The summed E-state index contributed by atoms with van der Waals surface area (Å²) < 4.78 is 17.1. The van der Waals surface area contributed by atoms with Gasteiger partial charge in [0.05, 0.1) is 23.7 Å². The zero-order valence-electron chi connectivity index (χ0n) is 19.7. The number of rotatable bonds is 8. The van der Waals surface area contributed by atoms with Gasteiger partial charge in [-0.1, -0.05) is 43.7 Å². The zero-order valence-corrected chi connectivity index (χ0v) is 20.6. The summed E-state index contributed by atoms with van der Waals surface area (Å²) in [4.78, 5) is 31.6. The number of methoxy groups -OCH3 is 1. The lowest BCUT2D eigenvalue weighted by Crippen LogP contribution is -2.19. The van der Waals surface area contributed by atoms with Crippen LogP contribution in [0.5, 0.6) is 0 Å². The number of aryl methyl sites for hydroxylation is 1. The average Bonchev–Trinajstić information content (AvgIpc) is 3.30. The van der Waals surface area contributed by atoms with E-state index >= 15 is 0 Å². The first kappa shape index (κ1) is 25.5. The minimum Gasteiger partial charge on any atom is -0.465 e. The molecule has 0 saturated carbocycles. The number of imidazole rings is 1. The molecule has 1 aliphatic rings. The highest BCUT2D eigenvalue weighted by Gasteiger charge is 2.21. The normalized spacial score (nSPS) is 14.4. The maximum Gasteiger partial charge on any atom is 0.337 e. The first-order valence-electron chi connectivity index (χ1n) is 11.4. The van der Waals surface area contributed by atoms with Crippen molar-refractivity contribution in [3.05, 3.63) is 84.3 Å². The monoisotopic (exact) mass is 481 g/mol. The Hall–Kier alpha value is -3.15. The predicted molar refractivity (Wildman–Crippen MR) is 137 cm³/mol. The van der Waals surface area contributed by atoms with E-state index in [0.717, 1.165) is 6.54 Å². The molecule has 1 unspecified atom stereocenters. The molecule has 1 aliphatic heterocycles. The molecule has 4 rings (SSSR count). The van der Waals surface area contributed by atoms with Crippen molar-refractivity contribution >= 4 is 29.7 Å². The number of unbranched alkanes of at least 4 members (excludes halogenated alkanes) is 1. The summed E-state index contributed by atoms with van der Waals surface area (Å²) >= 11 is 0. The number of nitrogens with one attached hydrogen (secondary N) is 1. The van der Waals surface area contributed by atoms with E-state index in [1.807, 2.05) is 6.07 Å². The van der Waals surface area contributed by atoms with E-state index in [2.05, 4.69) is 51.0 Å². The summed E-state index contributed by atoms with van der Waals surface area (Å²) in [6.45, 7) is 4.53. The smallest absolute Gasteiger partial charge is 0.337 e. The van der Waals surface area contributed by atoms with Crippen LogP contribution in [0.2, 0.25) is 0 Å². The van der Waals surface area contributed by atoms with Crippen LogP contribution in [0, 0.1) is 0 Å². The van der Waals surface area contributed by atoms with Gasteiger partial charge < -0.3 is 19.5 Å². The largest absolute Gasteiger partial charge is 0.465 e. The highest BCUT2D eigenvalue weighted by Crippen LogP contribution is 2.39. The lowest BCUT2D eigenvalue weighted by Gasteiger charge is -2.19. The molecule has 0 radical (unpaired) electrons. The first-order chi connectivity index (χ1) is 16.4. The molecule has 180 valence electrons. The molecule has 0 fully saturated rings. The van der Waals surface area contributed by atoms with Gasteiger partial charge in [0.25, 0.3) is 0 Å². The van der Waals surface area contributed by atoms with Gasteiger partial charge in [0.1, 0.15) is 5.82 Å². The molecule has 0 amide bonds. The van der Waals surface area contributed by atoms with Crippen molar-refractivity contribution in [2.75, 3.05) is 26.4 Å². The third-order valence-electron chi connectivity index (χ3n) is 5.45. The van der Waals surface area contributed by atoms with Crippen molar-refractivity contribution < 1.29 is 19.0 Å². The van der Waals surface area contributed by atoms with Crippen LogP contribution in [0.1, 0.15) is 35.9 Å². The Bertz CT molecular complexity index is 1190. The Morgan fingerprint density at radius 2 is 2.00 bits per heavy atom. The summed E-state index contributed by atoms with van der Waals surface area (Å²) in [6, 6.07) is 13.6. The fourth-order valence-corrected chi connectivity index (χ4v) is 4.92. The Morgan fingerprint density at radius 3 is 2.68 bits per heavy atom. The van der Waals surface area contributed by atoms with Gasteiger partial charge in [-0.3, -0.25) is 4.57 Å². The molecule has 0 bridgehead atoms. The summed E-state index contributed by atoms with van der Waals surface area (Å²) in [6.07, 6.45) is 11.6. The summed E-state index contributed by atoms with van der Waals surface area (Å²) in [5.41, 5.74) is 1.82. The molecule has 0 aliphatic carbocycles. The first-order valence-corrected chi connectivity index (χ1v) is 13.3. The van der Waals surface area contributed by atoms with E-state index in [0.29, 0.717) is 34.1 Å². The number of fused-ring (bicyclic) bond motifs is 1. The maximum atomic E-state index is 12.4. The van der Waals surface area contributed by atoms with E-state index in [-0.39, 0.29) is 6.16 Å². The van der Waals surface area contributed by atoms with Gasteiger partial charge in [0.15, 0.2) is 0 Å². The minimum atomic E-state index is -3.42. The average molecular weight is 482 g/mol. The Kier molecular flexibility index (Phi) is 9.25. The Balaban J connectivity index is 0.000000271. The highest BCUT2D eigenvalue weighted by molar-refractivity contribution is 7.66. The third kappa shape index (κ3) is 7.17. The second-order valence-corrected chi connectivity index (χ2v) is 10.4. The van der Waals surface area contributed by atoms with Gasteiger partial charge in [0, 0.05) is 31.0 Å². The zero-order chi connectivity index (χ0) is 24.4. The number of benzene rings is 2. The predicted octanol–water partition coefficient (Wildman–Crippen LogP) is 4.66. The van der Waals surface area contributed by atoms with Crippen LogP contribution in [0.25, 0.3) is 11.0 Å². The van der Waals surface area contributed by atoms with Crippen molar-refractivity contribution in [1.82, 2.24) is 14.9 Å². The van der Waals surface area contributed by atoms with E-state index in [1.165, 1.54) is 26.5 Å². The highest BCUT2D eigenvalue weighted by atomic mass is 31.2. The minimum absolute atomic E-state index is 0.0979. The number of hydrogen-bond donors (Lipinski definition) is 2. The number of carbonyl (C=O) groups is 1. The quantitative estimate of drug-likeness (QED) is 0.359.